The molecule has 0 spiro atoms. The van der Waals surface area contributed by atoms with E-state index in [1.807, 2.05) is 38.1 Å². The van der Waals surface area contributed by atoms with Gasteiger partial charge in [0.05, 0.1) is 21.3 Å². The van der Waals surface area contributed by atoms with E-state index >= 15 is 0 Å². The van der Waals surface area contributed by atoms with Gasteiger partial charge in [0.1, 0.15) is 0 Å². The zero-order valence-electron chi connectivity index (χ0n) is 17.5. The number of amides is 2. The van der Waals surface area contributed by atoms with Gasteiger partial charge in [0.2, 0.25) is 11.7 Å². The van der Waals surface area contributed by atoms with E-state index in [9.17, 15) is 9.59 Å². The molecule has 0 heterocycles. The van der Waals surface area contributed by atoms with Crippen LogP contribution < -0.4 is 24.8 Å². The van der Waals surface area contributed by atoms with Crippen LogP contribution in [-0.2, 0) is 11.3 Å². The molecule has 2 aromatic rings. The number of carbonyl (C=O) groups excluding carboxylic acids is 2. The molecular formula is C22H28N2O5. The predicted octanol–water partition coefficient (Wildman–Crippen LogP) is 3.63. The van der Waals surface area contributed by atoms with Gasteiger partial charge in [0.15, 0.2) is 11.5 Å². The van der Waals surface area contributed by atoms with Crippen LogP contribution >= 0.6 is 0 Å². The van der Waals surface area contributed by atoms with E-state index in [0.29, 0.717) is 41.5 Å². The summed E-state index contributed by atoms with van der Waals surface area (Å²) in [4.78, 5) is 24.5. The smallest absolute Gasteiger partial charge is 0.251 e. The van der Waals surface area contributed by atoms with E-state index in [1.54, 1.807) is 12.1 Å². The van der Waals surface area contributed by atoms with E-state index in [0.717, 1.165) is 5.56 Å². The van der Waals surface area contributed by atoms with Gasteiger partial charge < -0.3 is 24.8 Å². The van der Waals surface area contributed by atoms with Crippen LogP contribution in [0.1, 0.15) is 36.2 Å². The lowest BCUT2D eigenvalue weighted by Crippen LogP contribution is -2.23. The van der Waals surface area contributed by atoms with Crippen molar-refractivity contribution in [2.24, 2.45) is 5.92 Å². The van der Waals surface area contributed by atoms with E-state index in [-0.39, 0.29) is 17.7 Å². The molecule has 0 aliphatic heterocycles. The van der Waals surface area contributed by atoms with Crippen LogP contribution in [0.5, 0.6) is 17.2 Å². The largest absolute Gasteiger partial charge is 0.493 e. The Hall–Kier alpha value is -3.22. The number of methoxy groups -OCH3 is 3. The minimum absolute atomic E-state index is 0.0291. The maximum atomic E-state index is 12.6. The van der Waals surface area contributed by atoms with Gasteiger partial charge in [0, 0.05) is 24.2 Å². The Bertz CT molecular complexity index is 839. The molecule has 0 fully saturated rings. The topological polar surface area (TPSA) is 85.9 Å². The molecule has 0 atom stereocenters. The average Bonchev–Trinajstić information content (AvgIpc) is 2.70. The Balaban J connectivity index is 2.07. The maximum Gasteiger partial charge on any atom is 0.251 e. The van der Waals surface area contributed by atoms with Gasteiger partial charge in [0.25, 0.3) is 5.91 Å². The minimum atomic E-state index is -0.279. The molecule has 156 valence electrons. The van der Waals surface area contributed by atoms with Gasteiger partial charge in [-0.2, -0.15) is 0 Å². The van der Waals surface area contributed by atoms with Gasteiger partial charge in [-0.25, -0.2) is 0 Å². The summed E-state index contributed by atoms with van der Waals surface area (Å²) >= 11 is 0. The standard InChI is InChI=1S/C22H28N2O5/c1-14(2)9-20(25)24-17-8-6-7-15(10-17)13-23-22(26)16-11-18(27-3)21(29-5)19(12-16)28-4/h6-8,10-12,14H,9,13H2,1-5H3,(H,23,26)(H,24,25). The average molecular weight is 400 g/mol. The third-order valence-electron chi connectivity index (χ3n) is 4.18. The summed E-state index contributed by atoms with van der Waals surface area (Å²) in [5.41, 5.74) is 1.96. The number of rotatable bonds is 9. The fraction of sp³-hybridized carbons (Fsp3) is 0.364. The maximum absolute atomic E-state index is 12.6. The van der Waals surface area contributed by atoms with Crippen molar-refractivity contribution in [1.82, 2.24) is 5.32 Å². The lowest BCUT2D eigenvalue weighted by molar-refractivity contribution is -0.116. The number of carbonyl (C=O) groups is 2. The Kier molecular flexibility index (Phi) is 7.88. The van der Waals surface area contributed by atoms with Gasteiger partial charge in [-0.05, 0) is 35.7 Å². The molecule has 0 aliphatic carbocycles. The Morgan fingerprint density at radius 1 is 0.966 bits per heavy atom. The predicted molar refractivity (Wildman–Crippen MR) is 112 cm³/mol. The number of benzene rings is 2. The molecule has 2 rings (SSSR count). The highest BCUT2D eigenvalue weighted by Crippen LogP contribution is 2.38. The van der Waals surface area contributed by atoms with E-state index in [2.05, 4.69) is 10.6 Å². The quantitative estimate of drug-likeness (QED) is 0.671. The molecule has 0 unspecified atom stereocenters. The van der Waals surface area contributed by atoms with Crippen LogP contribution in [0, 0.1) is 5.92 Å². The van der Waals surface area contributed by atoms with Crippen LogP contribution in [-0.4, -0.2) is 33.1 Å². The van der Waals surface area contributed by atoms with Crippen molar-refractivity contribution in [3.63, 3.8) is 0 Å². The molecular weight excluding hydrogens is 372 g/mol. The monoisotopic (exact) mass is 400 g/mol. The molecule has 2 amide bonds. The number of hydrogen-bond acceptors (Lipinski definition) is 5. The molecule has 0 saturated heterocycles. The molecule has 0 bridgehead atoms. The van der Waals surface area contributed by atoms with Crippen LogP contribution in [0.15, 0.2) is 36.4 Å². The zero-order valence-corrected chi connectivity index (χ0v) is 17.5. The number of anilines is 1. The Morgan fingerprint density at radius 3 is 2.17 bits per heavy atom. The van der Waals surface area contributed by atoms with Gasteiger partial charge in [-0.3, -0.25) is 9.59 Å². The molecule has 29 heavy (non-hydrogen) atoms. The summed E-state index contributed by atoms with van der Waals surface area (Å²) in [5, 5.41) is 5.74. The van der Waals surface area contributed by atoms with Crippen LogP contribution in [0.4, 0.5) is 5.69 Å². The molecule has 0 saturated carbocycles. The van der Waals surface area contributed by atoms with Crippen molar-refractivity contribution in [2.45, 2.75) is 26.8 Å². The molecule has 0 aromatic heterocycles. The lowest BCUT2D eigenvalue weighted by Gasteiger charge is -2.14. The van der Waals surface area contributed by atoms with Crippen LogP contribution in [0.25, 0.3) is 0 Å². The number of hydrogen-bond donors (Lipinski definition) is 2. The normalized spacial score (nSPS) is 10.4. The van der Waals surface area contributed by atoms with Gasteiger partial charge in [-0.15, -0.1) is 0 Å². The van der Waals surface area contributed by atoms with Crippen LogP contribution in [0.2, 0.25) is 0 Å². The number of nitrogens with one attached hydrogen (secondary N) is 2. The first-order chi connectivity index (χ1) is 13.9. The summed E-state index contributed by atoms with van der Waals surface area (Å²) in [7, 11) is 4.50. The summed E-state index contributed by atoms with van der Waals surface area (Å²) in [6.45, 7) is 4.30. The highest BCUT2D eigenvalue weighted by atomic mass is 16.5. The highest BCUT2D eigenvalue weighted by Gasteiger charge is 2.17. The first-order valence-corrected chi connectivity index (χ1v) is 9.35. The minimum Gasteiger partial charge on any atom is -0.493 e. The fourth-order valence-electron chi connectivity index (χ4n) is 2.84. The van der Waals surface area contributed by atoms with Crippen molar-refractivity contribution in [3.05, 3.63) is 47.5 Å². The van der Waals surface area contributed by atoms with E-state index in [1.165, 1.54) is 21.3 Å². The molecule has 0 aliphatic rings. The van der Waals surface area contributed by atoms with Crippen molar-refractivity contribution < 1.29 is 23.8 Å². The second kappa shape index (κ2) is 10.4. The summed E-state index contributed by atoms with van der Waals surface area (Å²) in [6.07, 6.45) is 0.460. The Morgan fingerprint density at radius 2 is 1.62 bits per heavy atom. The first kappa shape index (κ1) is 22.1. The lowest BCUT2D eigenvalue weighted by atomic mass is 10.1. The first-order valence-electron chi connectivity index (χ1n) is 9.35. The third kappa shape index (κ3) is 6.14. The van der Waals surface area contributed by atoms with Gasteiger partial charge in [-0.1, -0.05) is 26.0 Å². The molecule has 0 radical (unpaired) electrons. The van der Waals surface area contributed by atoms with Crippen molar-refractivity contribution >= 4 is 17.5 Å². The molecule has 7 heteroatoms. The second-order valence-electron chi connectivity index (χ2n) is 6.94. The molecule has 2 N–H and O–H groups in total. The summed E-state index contributed by atoms with van der Waals surface area (Å²) in [6, 6.07) is 10.6. The van der Waals surface area contributed by atoms with Crippen molar-refractivity contribution in [3.8, 4) is 17.2 Å². The van der Waals surface area contributed by atoms with Crippen molar-refractivity contribution in [2.75, 3.05) is 26.6 Å². The zero-order chi connectivity index (χ0) is 21.4. The second-order valence-corrected chi connectivity index (χ2v) is 6.94. The fourth-order valence-corrected chi connectivity index (χ4v) is 2.84. The molecule has 7 nitrogen and oxygen atoms in total. The third-order valence-corrected chi connectivity index (χ3v) is 4.18. The van der Waals surface area contributed by atoms with E-state index in [4.69, 9.17) is 14.2 Å². The summed E-state index contributed by atoms with van der Waals surface area (Å²) in [5.74, 6) is 1.23. The molecule has 2 aromatic carbocycles. The van der Waals surface area contributed by atoms with Crippen molar-refractivity contribution in [1.29, 1.82) is 0 Å². The Labute approximate surface area is 171 Å². The van der Waals surface area contributed by atoms with Crippen LogP contribution in [0.3, 0.4) is 0 Å². The number of ether oxygens (including phenoxy) is 3. The van der Waals surface area contributed by atoms with E-state index < -0.39 is 0 Å². The highest BCUT2D eigenvalue weighted by molar-refractivity contribution is 5.95. The SMILES string of the molecule is COc1cc(C(=O)NCc2cccc(NC(=O)CC(C)C)c2)cc(OC)c1OC. The van der Waals surface area contributed by atoms with Gasteiger partial charge >= 0.3 is 0 Å². The summed E-state index contributed by atoms with van der Waals surface area (Å²) < 4.78 is 15.8.